The van der Waals surface area contributed by atoms with Crippen LogP contribution in [0, 0.1) is 0 Å². The molecule has 0 unspecified atom stereocenters. The van der Waals surface area contributed by atoms with Gasteiger partial charge in [0, 0.05) is 7.05 Å². The smallest absolute Gasteiger partial charge is 0.242 e. The average molecular weight is 582 g/mol. The first-order valence-corrected chi connectivity index (χ1v) is 14.6. The fourth-order valence-electron chi connectivity index (χ4n) is 4.90. The van der Waals surface area contributed by atoms with Crippen LogP contribution in [0.4, 0.5) is 26.3 Å². The average Bonchev–Trinajstić information content (AvgIpc) is 2.70. The predicted octanol–water partition coefficient (Wildman–Crippen LogP) is 8.91. The largest absolute Gasteiger partial charge is 0.416 e. The maximum absolute atomic E-state index is 13.8. The lowest BCUT2D eigenvalue weighted by Crippen LogP contribution is -2.40. The normalized spacial score (nSPS) is 15.7. The van der Waals surface area contributed by atoms with E-state index in [4.69, 9.17) is 0 Å². The molecule has 38 heavy (non-hydrogen) atoms. The van der Waals surface area contributed by atoms with Crippen LogP contribution in [0.3, 0.4) is 0 Å². The zero-order chi connectivity index (χ0) is 29.6. The molecule has 2 aromatic rings. The summed E-state index contributed by atoms with van der Waals surface area (Å²) >= 11 is 0. The van der Waals surface area contributed by atoms with Gasteiger partial charge in [0.1, 0.15) is 11.0 Å². The summed E-state index contributed by atoms with van der Waals surface area (Å²) in [5, 5.41) is 0.387. The van der Waals surface area contributed by atoms with Gasteiger partial charge in [-0.3, -0.25) is 0 Å². The Hall–Kier alpha value is -1.44. The molecule has 0 aliphatic carbocycles. The van der Waals surface area contributed by atoms with Crippen LogP contribution in [-0.4, -0.2) is 30.6 Å². The van der Waals surface area contributed by atoms with Crippen LogP contribution < -0.4 is 5.30 Å². The van der Waals surface area contributed by atoms with E-state index < -0.39 is 53.2 Å². The number of hydrogen-bond acceptors (Lipinski definition) is 1. The molecular formula is C28H38F6NOPS. The summed E-state index contributed by atoms with van der Waals surface area (Å²) in [6.07, 6.45) is -9.99. The third kappa shape index (κ3) is 7.60. The van der Waals surface area contributed by atoms with Gasteiger partial charge in [-0.2, -0.15) is 26.3 Å². The number of halogens is 6. The maximum Gasteiger partial charge on any atom is 0.416 e. The fraction of sp³-hybridized carbons (Fsp3) is 0.571. The molecule has 2 rings (SSSR count). The van der Waals surface area contributed by atoms with Crippen LogP contribution in [0.25, 0.3) is 0 Å². The van der Waals surface area contributed by atoms with Crippen molar-refractivity contribution < 1.29 is 30.6 Å². The lowest BCUT2D eigenvalue weighted by Gasteiger charge is -2.44. The van der Waals surface area contributed by atoms with Gasteiger partial charge in [-0.25, -0.2) is 8.51 Å². The van der Waals surface area contributed by atoms with E-state index >= 15 is 0 Å². The zero-order valence-corrected chi connectivity index (χ0v) is 25.3. The summed E-state index contributed by atoms with van der Waals surface area (Å²) in [5.41, 5.74) is -2.45. The summed E-state index contributed by atoms with van der Waals surface area (Å²) in [7, 11) is -1.25. The zero-order valence-electron chi connectivity index (χ0n) is 23.6. The molecule has 0 amide bonds. The summed E-state index contributed by atoms with van der Waals surface area (Å²) in [4.78, 5) is 0. The molecule has 0 bridgehead atoms. The third-order valence-electron chi connectivity index (χ3n) is 5.89. The van der Waals surface area contributed by atoms with Crippen molar-refractivity contribution in [3.8, 4) is 0 Å². The minimum Gasteiger partial charge on any atom is -0.242 e. The molecule has 0 spiro atoms. The van der Waals surface area contributed by atoms with Crippen LogP contribution in [0.2, 0.25) is 0 Å². The van der Waals surface area contributed by atoms with Gasteiger partial charge in [0.2, 0.25) is 0 Å². The van der Waals surface area contributed by atoms with Gasteiger partial charge in [0.05, 0.1) is 21.9 Å². The highest BCUT2D eigenvalue weighted by molar-refractivity contribution is 7.84. The Morgan fingerprint density at radius 1 is 0.737 bits per heavy atom. The van der Waals surface area contributed by atoms with E-state index in [1.54, 1.807) is 32.9 Å². The van der Waals surface area contributed by atoms with Crippen LogP contribution in [0.15, 0.2) is 42.5 Å². The molecule has 0 saturated carbocycles. The summed E-state index contributed by atoms with van der Waals surface area (Å²) in [6, 6.07) is 7.70. The molecule has 0 N–H and O–H groups in total. The molecule has 0 heterocycles. The minimum atomic E-state index is -4.99. The van der Waals surface area contributed by atoms with E-state index in [9.17, 15) is 30.6 Å². The molecule has 2 nitrogen and oxygen atoms in total. The first kappa shape index (κ1) is 32.8. The Morgan fingerprint density at radius 3 is 1.53 bits per heavy atom. The van der Waals surface area contributed by atoms with E-state index in [1.807, 2.05) is 12.1 Å². The molecule has 2 aromatic carbocycles. The summed E-state index contributed by atoms with van der Waals surface area (Å²) < 4.78 is 97.2. The van der Waals surface area contributed by atoms with E-state index in [1.165, 1.54) is 11.4 Å². The molecule has 0 fully saturated rings. The van der Waals surface area contributed by atoms with E-state index in [0.717, 1.165) is 17.4 Å². The molecule has 0 aliphatic heterocycles. The first-order valence-electron chi connectivity index (χ1n) is 12.2. The van der Waals surface area contributed by atoms with Crippen molar-refractivity contribution in [3.63, 3.8) is 0 Å². The highest BCUT2D eigenvalue weighted by Gasteiger charge is 2.42. The number of rotatable bonds is 5. The Labute approximate surface area is 226 Å². The van der Waals surface area contributed by atoms with Crippen molar-refractivity contribution in [2.24, 2.45) is 0 Å². The fourth-order valence-corrected chi connectivity index (χ4v) is 10.3. The van der Waals surface area contributed by atoms with Crippen LogP contribution >= 0.6 is 7.92 Å². The van der Waals surface area contributed by atoms with E-state index in [2.05, 4.69) is 41.5 Å². The number of alkyl halides is 6. The van der Waals surface area contributed by atoms with Crippen molar-refractivity contribution in [3.05, 3.63) is 64.7 Å². The Morgan fingerprint density at radius 2 is 1.16 bits per heavy atom. The second kappa shape index (κ2) is 10.9. The highest BCUT2D eigenvalue weighted by Crippen LogP contribution is 2.59. The number of benzene rings is 2. The minimum absolute atomic E-state index is 0.129. The Balaban J connectivity index is 3.04. The monoisotopic (exact) mass is 581 g/mol. The number of nitrogens with zero attached hydrogens (tertiary/aromatic N) is 1. The molecule has 0 radical (unpaired) electrons. The van der Waals surface area contributed by atoms with Crippen LogP contribution in [-0.2, 0) is 23.3 Å². The summed E-state index contributed by atoms with van der Waals surface area (Å²) in [6.45, 7) is 17.6. The van der Waals surface area contributed by atoms with E-state index in [-0.39, 0.29) is 21.9 Å². The van der Waals surface area contributed by atoms with Crippen LogP contribution in [0.5, 0.6) is 0 Å². The molecule has 2 atom stereocenters. The topological polar surface area (TPSA) is 20.3 Å². The van der Waals surface area contributed by atoms with Gasteiger partial charge in [0.25, 0.3) is 0 Å². The molecule has 0 aromatic heterocycles. The lowest BCUT2D eigenvalue weighted by molar-refractivity contribution is -0.143. The number of hydrogen-bond donors (Lipinski definition) is 0. The Bertz CT molecular complexity index is 1110. The van der Waals surface area contributed by atoms with Crippen LogP contribution in [0.1, 0.15) is 90.6 Å². The quantitative estimate of drug-likeness (QED) is 0.255. The van der Waals surface area contributed by atoms with Gasteiger partial charge < -0.3 is 0 Å². The molecule has 10 heteroatoms. The van der Waals surface area contributed by atoms with E-state index in [0.29, 0.717) is 5.56 Å². The van der Waals surface area contributed by atoms with Gasteiger partial charge in [-0.15, -0.1) is 0 Å². The van der Waals surface area contributed by atoms with Crippen molar-refractivity contribution in [1.29, 1.82) is 0 Å². The van der Waals surface area contributed by atoms with Gasteiger partial charge >= 0.3 is 12.4 Å². The van der Waals surface area contributed by atoms with Crippen molar-refractivity contribution in [2.75, 3.05) is 7.05 Å². The van der Waals surface area contributed by atoms with Gasteiger partial charge in [-0.05, 0) is 65.7 Å². The van der Waals surface area contributed by atoms with Gasteiger partial charge in [0.15, 0.2) is 0 Å². The second-order valence-corrected chi connectivity index (χ2v) is 18.5. The molecular weight excluding hydrogens is 543 g/mol. The Kier molecular flexibility index (Phi) is 9.36. The molecule has 214 valence electrons. The first-order chi connectivity index (χ1) is 16.9. The van der Waals surface area contributed by atoms with Crippen molar-refractivity contribution in [2.45, 2.75) is 95.8 Å². The van der Waals surface area contributed by atoms with Crippen molar-refractivity contribution in [1.82, 2.24) is 4.31 Å². The lowest BCUT2D eigenvalue weighted by atomic mass is 9.94. The third-order valence-corrected chi connectivity index (χ3v) is 11.2. The predicted molar refractivity (Wildman–Crippen MR) is 146 cm³/mol. The van der Waals surface area contributed by atoms with Gasteiger partial charge in [-0.1, -0.05) is 73.7 Å². The SMILES string of the molecule is CN([C@@H](c1cc(C(F)(F)F)cc(C(F)(F)F)c1)c1ccccc1P(C(C)(C)C)C(C)(C)C)[S@](=O)C(C)(C)C. The highest BCUT2D eigenvalue weighted by atomic mass is 32.2. The van der Waals surface area contributed by atoms with Crippen molar-refractivity contribution >= 4 is 24.2 Å². The standard InChI is InChI=1S/C28H38F6NOPS/c1-24(2,3)37(25(4,5)6)22-14-12-11-13-21(22)23(35(10)38(36)26(7,8)9)18-15-19(27(29,30)31)17-20(16-18)28(32,33)34/h11-17,23H,1-10H3/t23-,38+/m0/s1. The maximum atomic E-state index is 13.8. The summed E-state index contributed by atoms with van der Waals surface area (Å²) in [5.74, 6) is 0. The second-order valence-electron chi connectivity index (χ2n) is 12.4. The molecule has 0 saturated heterocycles. The molecule has 0 aliphatic rings.